The zero-order chi connectivity index (χ0) is 30.0. The summed E-state index contributed by atoms with van der Waals surface area (Å²) in [6.07, 6.45) is -1.20. The second-order valence-electron chi connectivity index (χ2n) is 9.38. The zero-order valence-electron chi connectivity index (χ0n) is 22.8. The van der Waals surface area contributed by atoms with Gasteiger partial charge in [0.05, 0.1) is 6.61 Å². The summed E-state index contributed by atoms with van der Waals surface area (Å²) in [5.41, 5.74) is -1.09. The van der Waals surface area contributed by atoms with Crippen LogP contribution >= 0.6 is 11.8 Å². The molecule has 0 radical (unpaired) electrons. The molecule has 0 spiro atoms. The number of carboxylic acids is 1. The van der Waals surface area contributed by atoms with Crippen molar-refractivity contribution in [2.24, 2.45) is 5.41 Å². The van der Waals surface area contributed by atoms with Crippen molar-refractivity contribution >= 4 is 52.4 Å². The number of carbonyl (C=O) groups excluding carboxylic acids is 6. The molecule has 15 heteroatoms. The van der Waals surface area contributed by atoms with E-state index in [0.717, 1.165) is 11.8 Å². The minimum atomic E-state index is -1.50. The number of rotatable bonds is 19. The largest absolute Gasteiger partial charge is 0.480 e. The van der Waals surface area contributed by atoms with Gasteiger partial charge in [0, 0.05) is 63.9 Å². The molecule has 0 unspecified atom stereocenters. The Morgan fingerprint density at radius 2 is 1.54 bits per heavy atom. The Bertz CT molecular complexity index is 881. The number of hydrogen-bond donors (Lipinski definition) is 6. The summed E-state index contributed by atoms with van der Waals surface area (Å²) in [6, 6.07) is -1.15. The maximum absolute atomic E-state index is 12.3. The number of aliphatic hydroxyl groups excluding tert-OH is 1. The number of carboxylic acid groups (broad SMARTS) is 1. The van der Waals surface area contributed by atoms with E-state index in [4.69, 9.17) is 9.84 Å². The van der Waals surface area contributed by atoms with Gasteiger partial charge in [0.2, 0.25) is 23.6 Å². The molecule has 0 aromatic carbocycles. The van der Waals surface area contributed by atoms with Crippen LogP contribution in [0.3, 0.4) is 0 Å². The van der Waals surface area contributed by atoms with Gasteiger partial charge in [0.1, 0.15) is 12.1 Å². The van der Waals surface area contributed by atoms with Crippen molar-refractivity contribution in [1.29, 1.82) is 0 Å². The molecule has 0 aliphatic carbocycles. The van der Waals surface area contributed by atoms with E-state index in [-0.39, 0.29) is 68.1 Å². The second-order valence-corrected chi connectivity index (χ2v) is 10.5. The topological polar surface area (TPSA) is 217 Å². The molecule has 222 valence electrons. The number of aliphatic carboxylic acids is 1. The summed E-state index contributed by atoms with van der Waals surface area (Å²) in [4.78, 5) is 80.8. The molecule has 39 heavy (non-hydrogen) atoms. The van der Waals surface area contributed by atoms with Gasteiger partial charge in [-0.3, -0.25) is 28.8 Å². The normalized spacial score (nSPS) is 12.4. The van der Waals surface area contributed by atoms with Gasteiger partial charge in [-0.05, 0) is 12.8 Å². The Labute approximate surface area is 231 Å². The molecule has 0 aliphatic rings. The van der Waals surface area contributed by atoms with Crippen molar-refractivity contribution in [2.45, 2.75) is 71.9 Å². The van der Waals surface area contributed by atoms with Crippen LogP contribution in [0.1, 0.15) is 59.8 Å². The third-order valence-electron chi connectivity index (χ3n) is 5.18. The summed E-state index contributed by atoms with van der Waals surface area (Å²) < 4.78 is 5.13. The van der Waals surface area contributed by atoms with E-state index in [1.807, 2.05) is 0 Å². The van der Waals surface area contributed by atoms with Crippen LogP contribution in [0, 0.1) is 5.41 Å². The van der Waals surface area contributed by atoms with E-state index in [2.05, 4.69) is 21.3 Å². The van der Waals surface area contributed by atoms with E-state index in [1.165, 1.54) is 13.8 Å². The van der Waals surface area contributed by atoms with Crippen LogP contribution in [0.25, 0.3) is 0 Å². The molecule has 0 heterocycles. The Balaban J connectivity index is 4.15. The molecular formula is C24H40N4O10S. The molecule has 4 amide bonds. The number of carbonyl (C=O) groups is 7. The fourth-order valence-corrected chi connectivity index (χ4v) is 3.64. The van der Waals surface area contributed by atoms with Crippen molar-refractivity contribution in [1.82, 2.24) is 21.3 Å². The van der Waals surface area contributed by atoms with Crippen molar-refractivity contribution in [3.05, 3.63) is 0 Å². The van der Waals surface area contributed by atoms with Crippen molar-refractivity contribution in [3.8, 4) is 0 Å². The number of nitrogens with one attached hydrogen (secondary N) is 4. The Morgan fingerprint density at radius 3 is 2.13 bits per heavy atom. The molecular weight excluding hydrogens is 536 g/mol. The van der Waals surface area contributed by atoms with E-state index in [1.54, 1.807) is 13.8 Å². The first-order chi connectivity index (χ1) is 18.2. The molecule has 0 aromatic heterocycles. The van der Waals surface area contributed by atoms with Gasteiger partial charge in [-0.2, -0.15) is 0 Å². The number of ether oxygens (including phenoxy) is 1. The number of hydrogen-bond acceptors (Lipinski definition) is 10. The fourth-order valence-electron chi connectivity index (χ4n) is 2.95. The first-order valence-electron chi connectivity index (χ1n) is 12.4. The average molecular weight is 577 g/mol. The third kappa shape index (κ3) is 17.8. The molecule has 14 nitrogen and oxygen atoms in total. The minimum absolute atomic E-state index is 0.0438. The second kappa shape index (κ2) is 19.0. The molecule has 0 saturated carbocycles. The van der Waals surface area contributed by atoms with Crippen molar-refractivity contribution < 1.29 is 48.5 Å². The van der Waals surface area contributed by atoms with Crippen LogP contribution in [-0.2, 0) is 38.3 Å². The summed E-state index contributed by atoms with van der Waals surface area (Å²) in [7, 11) is 0. The first-order valence-corrected chi connectivity index (χ1v) is 13.4. The van der Waals surface area contributed by atoms with Gasteiger partial charge in [-0.15, -0.1) is 0 Å². The summed E-state index contributed by atoms with van der Waals surface area (Å²) in [5.74, 6) is -3.31. The standard InChI is InChI=1S/C24H40N4O10S/c1-15(29)25-10-5-6-19(32)38-14-24(3,4)21(34)22(35)27-11-9-18(31)26-12-13-39-20(33)8-7-17(23(36)37)28-16(2)30/h17,21,34H,5-14H2,1-4H3,(H,25,29)(H,26,31)(H,27,35)(H,28,30)(H,36,37)/t17-,21-/m0/s1. The lowest BCUT2D eigenvalue weighted by Gasteiger charge is -2.29. The van der Waals surface area contributed by atoms with E-state index >= 15 is 0 Å². The van der Waals surface area contributed by atoms with Gasteiger partial charge >= 0.3 is 11.9 Å². The summed E-state index contributed by atoms with van der Waals surface area (Å²) in [6.45, 7) is 5.90. The summed E-state index contributed by atoms with van der Waals surface area (Å²) in [5, 5.41) is 28.9. The minimum Gasteiger partial charge on any atom is -0.480 e. The molecule has 0 saturated heterocycles. The van der Waals surface area contributed by atoms with Gasteiger partial charge in [-0.25, -0.2) is 4.79 Å². The molecule has 2 atom stereocenters. The van der Waals surface area contributed by atoms with Crippen LogP contribution in [-0.4, -0.2) is 95.0 Å². The SMILES string of the molecule is CC(=O)NCCCC(=O)OCC(C)(C)[C@@H](O)C(=O)NCCC(=O)NCCSC(=O)CC[C@H](NC(C)=O)C(=O)O. The lowest BCUT2D eigenvalue weighted by atomic mass is 9.87. The fraction of sp³-hybridized carbons (Fsp3) is 0.708. The zero-order valence-corrected chi connectivity index (χ0v) is 23.6. The van der Waals surface area contributed by atoms with Crippen LogP contribution in [0.2, 0.25) is 0 Å². The third-order valence-corrected chi connectivity index (χ3v) is 6.11. The molecule has 0 aromatic rings. The quantitative estimate of drug-likeness (QED) is 0.0816. The molecule has 0 aliphatic heterocycles. The maximum atomic E-state index is 12.3. The van der Waals surface area contributed by atoms with Gasteiger partial charge in [0.25, 0.3) is 0 Å². The highest BCUT2D eigenvalue weighted by atomic mass is 32.2. The van der Waals surface area contributed by atoms with Crippen LogP contribution < -0.4 is 21.3 Å². The molecule has 0 rings (SSSR count). The highest BCUT2D eigenvalue weighted by molar-refractivity contribution is 8.13. The van der Waals surface area contributed by atoms with Gasteiger partial charge in [0.15, 0.2) is 5.12 Å². The van der Waals surface area contributed by atoms with Gasteiger partial charge in [-0.1, -0.05) is 25.6 Å². The van der Waals surface area contributed by atoms with Crippen LogP contribution in [0.4, 0.5) is 0 Å². The monoisotopic (exact) mass is 576 g/mol. The van der Waals surface area contributed by atoms with Gasteiger partial charge < -0.3 is 36.2 Å². The first kappa shape index (κ1) is 35.8. The summed E-state index contributed by atoms with van der Waals surface area (Å²) >= 11 is 0.925. The van der Waals surface area contributed by atoms with E-state index in [9.17, 15) is 38.7 Å². The average Bonchev–Trinajstić information content (AvgIpc) is 2.84. The number of aliphatic hydroxyl groups is 1. The van der Waals surface area contributed by atoms with E-state index < -0.39 is 41.3 Å². The maximum Gasteiger partial charge on any atom is 0.326 e. The Kier molecular flexibility index (Phi) is 17.4. The van der Waals surface area contributed by atoms with Crippen molar-refractivity contribution in [2.75, 3.05) is 32.0 Å². The number of esters is 1. The predicted octanol–water partition coefficient (Wildman–Crippen LogP) is -0.915. The molecule has 0 bridgehead atoms. The van der Waals surface area contributed by atoms with Crippen LogP contribution in [0.5, 0.6) is 0 Å². The van der Waals surface area contributed by atoms with E-state index in [0.29, 0.717) is 13.0 Å². The number of amides is 4. The smallest absolute Gasteiger partial charge is 0.326 e. The lowest BCUT2D eigenvalue weighted by Crippen LogP contribution is -2.47. The van der Waals surface area contributed by atoms with Crippen molar-refractivity contribution in [3.63, 3.8) is 0 Å². The Hall–Kier alpha value is -3.20. The lowest BCUT2D eigenvalue weighted by molar-refractivity contribution is -0.153. The van der Waals surface area contributed by atoms with Crippen LogP contribution in [0.15, 0.2) is 0 Å². The Morgan fingerprint density at radius 1 is 0.872 bits per heavy atom. The highest BCUT2D eigenvalue weighted by Crippen LogP contribution is 2.21. The predicted molar refractivity (Wildman–Crippen MR) is 141 cm³/mol. The highest BCUT2D eigenvalue weighted by Gasteiger charge is 2.35. The molecule has 0 fully saturated rings. The molecule has 6 N–H and O–H groups in total. The number of thioether (sulfide) groups is 1.